The quantitative estimate of drug-likeness (QED) is 0.239. The van der Waals surface area contributed by atoms with E-state index in [2.05, 4.69) is 21.0 Å². The summed E-state index contributed by atoms with van der Waals surface area (Å²) in [5, 5.41) is 0. The highest BCUT2D eigenvalue weighted by Gasteiger charge is 2.14. The summed E-state index contributed by atoms with van der Waals surface area (Å²) in [5.74, 6) is 0. The first-order valence-corrected chi connectivity index (χ1v) is 10.1. The van der Waals surface area contributed by atoms with E-state index >= 15 is 0 Å². The van der Waals surface area contributed by atoms with Crippen LogP contribution in [-0.2, 0) is 6.54 Å². The Labute approximate surface area is 159 Å². The first-order chi connectivity index (χ1) is 13.7. The summed E-state index contributed by atoms with van der Waals surface area (Å²) in [6, 6.07) is -0.887. The van der Waals surface area contributed by atoms with Gasteiger partial charge in [-0.15, -0.1) is 0 Å². The second kappa shape index (κ2) is 13.5. The zero-order valence-corrected chi connectivity index (χ0v) is 16.3. The van der Waals surface area contributed by atoms with Crippen molar-refractivity contribution in [2.75, 3.05) is 20.6 Å². The zero-order chi connectivity index (χ0) is 21.9. The number of benzene rings is 1. The molecule has 0 aliphatic rings. The van der Waals surface area contributed by atoms with Gasteiger partial charge in [-0.2, -0.15) is 0 Å². The normalized spacial score (nSPS) is 14.7. The van der Waals surface area contributed by atoms with Crippen LogP contribution in [0, 0.1) is 0 Å². The maximum Gasteiger partial charge on any atom is 0.104 e. The Balaban J connectivity index is 2.27. The molecule has 138 valence electrons. The largest absolute Gasteiger partial charge is 0.325 e. The number of quaternary nitrogens is 1. The van der Waals surface area contributed by atoms with Crippen LogP contribution >= 0.6 is 0 Å². The standard InChI is InChI=1S/C23H42N/c1-4-5-6-7-8-9-10-11-12-13-14-18-21-24(2,3)22-23-19-16-15-17-20-23/h15-17,19-20H,4-14,18,21-22H2,1-3H3/q+1/i15D,16D,17D,19D,20D. The van der Waals surface area contributed by atoms with E-state index in [1.807, 2.05) is 0 Å². The number of rotatable bonds is 15. The molecule has 1 aromatic rings. The van der Waals surface area contributed by atoms with Gasteiger partial charge in [-0.25, -0.2) is 0 Å². The molecule has 0 bridgehead atoms. The van der Waals surface area contributed by atoms with Crippen LogP contribution < -0.4 is 0 Å². The topological polar surface area (TPSA) is 0 Å². The average Bonchev–Trinajstić information content (AvgIpc) is 2.69. The minimum absolute atomic E-state index is 0.0584. The number of hydrogen-bond acceptors (Lipinski definition) is 0. The highest BCUT2D eigenvalue weighted by Crippen LogP contribution is 2.14. The zero-order valence-electron chi connectivity index (χ0n) is 21.3. The summed E-state index contributed by atoms with van der Waals surface area (Å²) < 4.78 is 40.2. The van der Waals surface area contributed by atoms with Gasteiger partial charge in [-0.05, 0) is 12.8 Å². The molecule has 1 rings (SSSR count). The molecule has 1 heteroatoms. The van der Waals surface area contributed by atoms with Crippen molar-refractivity contribution in [3.8, 4) is 0 Å². The van der Waals surface area contributed by atoms with Crippen molar-refractivity contribution in [1.29, 1.82) is 0 Å². The second-order valence-electron chi connectivity index (χ2n) is 7.81. The van der Waals surface area contributed by atoms with Crippen molar-refractivity contribution in [2.24, 2.45) is 0 Å². The Bertz CT molecular complexity index is 587. The molecule has 0 amide bonds. The summed E-state index contributed by atoms with van der Waals surface area (Å²) in [7, 11) is 4.17. The van der Waals surface area contributed by atoms with Crippen LogP contribution in [-0.4, -0.2) is 25.1 Å². The Morgan fingerprint density at radius 1 is 0.708 bits per heavy atom. The first-order valence-electron chi connectivity index (χ1n) is 12.6. The molecule has 0 fully saturated rings. The minimum Gasteiger partial charge on any atom is -0.325 e. The molecule has 0 unspecified atom stereocenters. The molecule has 0 heterocycles. The van der Waals surface area contributed by atoms with Crippen LogP contribution in [0.1, 0.15) is 96.4 Å². The third kappa shape index (κ3) is 11.7. The predicted octanol–water partition coefficient (Wildman–Crippen LogP) is 6.96. The molecular weight excluding hydrogens is 290 g/mol. The van der Waals surface area contributed by atoms with Crippen molar-refractivity contribution in [1.82, 2.24) is 0 Å². The van der Waals surface area contributed by atoms with E-state index in [0.717, 1.165) is 13.0 Å². The van der Waals surface area contributed by atoms with Gasteiger partial charge in [0, 0.05) is 5.56 Å². The van der Waals surface area contributed by atoms with Gasteiger partial charge >= 0.3 is 0 Å². The SMILES string of the molecule is [2H]c1c([2H])c([2H])c(C[N+](C)(C)CCCCCCCCCCCCCC)c([2H])c1[2H]. The molecule has 0 atom stereocenters. The van der Waals surface area contributed by atoms with Crippen LogP contribution in [0.15, 0.2) is 30.2 Å². The van der Waals surface area contributed by atoms with Gasteiger partial charge in [-0.1, -0.05) is 101 Å². The molecule has 0 spiro atoms. The molecule has 0 aromatic heterocycles. The van der Waals surface area contributed by atoms with Gasteiger partial charge in [0.05, 0.1) is 27.5 Å². The maximum atomic E-state index is 8.10. The monoisotopic (exact) mass is 337 g/mol. The van der Waals surface area contributed by atoms with Crippen molar-refractivity contribution in [3.63, 3.8) is 0 Å². The molecule has 24 heavy (non-hydrogen) atoms. The van der Waals surface area contributed by atoms with E-state index in [0.29, 0.717) is 16.6 Å². The van der Waals surface area contributed by atoms with Gasteiger partial charge in [0.2, 0.25) is 0 Å². The summed E-state index contributed by atoms with van der Waals surface area (Å²) >= 11 is 0. The average molecular weight is 338 g/mol. The maximum absolute atomic E-state index is 8.10. The number of unbranched alkanes of at least 4 members (excludes halogenated alkanes) is 11. The third-order valence-electron chi connectivity index (χ3n) is 4.75. The fourth-order valence-electron chi connectivity index (χ4n) is 3.24. The van der Waals surface area contributed by atoms with Crippen LogP contribution in [0.25, 0.3) is 0 Å². The lowest BCUT2D eigenvalue weighted by molar-refractivity contribution is -0.903. The van der Waals surface area contributed by atoms with E-state index < -0.39 is 0 Å². The summed E-state index contributed by atoms with van der Waals surface area (Å²) in [6.07, 6.45) is 15.9. The van der Waals surface area contributed by atoms with Crippen LogP contribution in [0.2, 0.25) is 0 Å². The lowest BCUT2D eigenvalue weighted by atomic mass is 10.1. The number of nitrogens with zero attached hydrogens (tertiary/aromatic N) is 1. The Kier molecular flexibility index (Phi) is 8.06. The van der Waals surface area contributed by atoms with Gasteiger partial charge in [0.25, 0.3) is 0 Å². The lowest BCUT2D eigenvalue weighted by Gasteiger charge is -2.30. The van der Waals surface area contributed by atoms with E-state index in [1.165, 1.54) is 70.6 Å². The molecular formula is C23H42N+. The van der Waals surface area contributed by atoms with E-state index in [9.17, 15) is 0 Å². The fraction of sp³-hybridized carbons (Fsp3) is 0.739. The highest BCUT2D eigenvalue weighted by molar-refractivity contribution is 5.13. The van der Waals surface area contributed by atoms with E-state index in [-0.39, 0.29) is 30.2 Å². The Hall–Kier alpha value is -0.820. The van der Waals surface area contributed by atoms with Crippen molar-refractivity contribution in [3.05, 3.63) is 35.8 Å². The molecule has 0 saturated heterocycles. The Morgan fingerprint density at radius 2 is 1.17 bits per heavy atom. The van der Waals surface area contributed by atoms with Crippen LogP contribution in [0.5, 0.6) is 0 Å². The third-order valence-corrected chi connectivity index (χ3v) is 4.75. The molecule has 1 aromatic carbocycles. The van der Waals surface area contributed by atoms with Crippen LogP contribution in [0.4, 0.5) is 0 Å². The minimum atomic E-state index is -0.310. The number of hydrogen-bond donors (Lipinski definition) is 0. The van der Waals surface area contributed by atoms with Gasteiger partial charge in [0.1, 0.15) is 6.54 Å². The van der Waals surface area contributed by atoms with Crippen molar-refractivity contribution < 1.29 is 11.3 Å². The summed E-state index contributed by atoms with van der Waals surface area (Å²) in [4.78, 5) is 0. The van der Waals surface area contributed by atoms with Gasteiger partial charge in [0.15, 0.2) is 0 Å². The van der Waals surface area contributed by atoms with Crippen molar-refractivity contribution in [2.45, 2.75) is 90.5 Å². The predicted molar refractivity (Wildman–Crippen MR) is 108 cm³/mol. The van der Waals surface area contributed by atoms with Crippen LogP contribution in [0.3, 0.4) is 0 Å². The fourth-order valence-corrected chi connectivity index (χ4v) is 3.24. The Morgan fingerprint density at radius 3 is 1.67 bits per heavy atom. The lowest BCUT2D eigenvalue weighted by Crippen LogP contribution is -2.39. The molecule has 0 N–H and O–H groups in total. The van der Waals surface area contributed by atoms with E-state index in [4.69, 9.17) is 6.85 Å². The summed E-state index contributed by atoms with van der Waals surface area (Å²) in [6.45, 7) is 3.68. The molecule has 0 aliphatic heterocycles. The van der Waals surface area contributed by atoms with Gasteiger partial charge < -0.3 is 4.48 Å². The molecule has 0 aliphatic carbocycles. The van der Waals surface area contributed by atoms with E-state index in [1.54, 1.807) is 0 Å². The summed E-state index contributed by atoms with van der Waals surface area (Å²) in [5.41, 5.74) is 0.430. The van der Waals surface area contributed by atoms with Crippen molar-refractivity contribution >= 4 is 0 Å². The highest BCUT2D eigenvalue weighted by atomic mass is 15.3. The molecule has 0 radical (unpaired) electrons. The first kappa shape index (κ1) is 14.4. The van der Waals surface area contributed by atoms with Gasteiger partial charge in [-0.3, -0.25) is 0 Å². The molecule has 1 nitrogen and oxygen atoms in total. The molecule has 0 saturated carbocycles. The smallest absolute Gasteiger partial charge is 0.104 e. The second-order valence-corrected chi connectivity index (χ2v) is 7.81.